The highest BCUT2D eigenvalue weighted by Gasteiger charge is 2.14. The van der Waals surface area contributed by atoms with Crippen molar-refractivity contribution in [2.45, 2.75) is 0 Å². The Kier molecular flexibility index (Phi) is 4.03. The monoisotopic (exact) mass is 342 g/mol. The van der Waals surface area contributed by atoms with Crippen LogP contribution in [0.5, 0.6) is 0 Å². The van der Waals surface area contributed by atoms with Crippen molar-refractivity contribution in [1.29, 1.82) is 5.26 Å². The average Bonchev–Trinajstić information content (AvgIpc) is 2.40. The van der Waals surface area contributed by atoms with Gasteiger partial charge in [-0.15, -0.1) is 0 Å². The summed E-state index contributed by atoms with van der Waals surface area (Å²) in [6.45, 7) is 0. The molecule has 0 aliphatic heterocycles. The van der Waals surface area contributed by atoms with Gasteiger partial charge in [-0.3, -0.25) is 0 Å². The van der Waals surface area contributed by atoms with Crippen LogP contribution in [0.15, 0.2) is 34.8 Å². The quantitative estimate of drug-likeness (QED) is 0.833. The van der Waals surface area contributed by atoms with E-state index in [1.165, 1.54) is 12.1 Å². The van der Waals surface area contributed by atoms with Gasteiger partial charge in [0.1, 0.15) is 6.07 Å². The lowest BCUT2D eigenvalue weighted by molar-refractivity contribution is 0.509. The molecule has 0 aliphatic carbocycles. The Morgan fingerprint density at radius 1 is 1.11 bits per heavy atom. The molecule has 2 nitrogen and oxygen atoms in total. The smallest absolute Gasteiger partial charge is 0.183 e. The molecule has 0 bridgehead atoms. The number of benzene rings is 2. The summed E-state index contributed by atoms with van der Waals surface area (Å²) in [6, 6.07) is 9.07. The number of nitrogens with one attached hydrogen (secondary N) is 1. The predicted octanol–water partition coefficient (Wildman–Crippen LogP) is 5.00. The van der Waals surface area contributed by atoms with Crippen LogP contribution >= 0.6 is 27.5 Å². The third-order valence-corrected chi connectivity index (χ3v) is 3.82. The highest BCUT2D eigenvalue weighted by atomic mass is 79.9. The molecule has 0 amide bonds. The van der Waals surface area contributed by atoms with E-state index in [4.69, 9.17) is 16.9 Å². The van der Waals surface area contributed by atoms with Crippen molar-refractivity contribution < 1.29 is 8.78 Å². The molecule has 0 heterocycles. The number of halogens is 4. The van der Waals surface area contributed by atoms with E-state index < -0.39 is 11.6 Å². The highest BCUT2D eigenvalue weighted by molar-refractivity contribution is 9.10. The van der Waals surface area contributed by atoms with Crippen LogP contribution in [0.3, 0.4) is 0 Å². The molecule has 6 heteroatoms. The summed E-state index contributed by atoms with van der Waals surface area (Å²) in [5.74, 6) is -2.28. The van der Waals surface area contributed by atoms with E-state index in [1.807, 2.05) is 0 Å². The lowest BCUT2D eigenvalue weighted by Crippen LogP contribution is -1.99. The minimum absolute atomic E-state index is 0.0699. The topological polar surface area (TPSA) is 35.8 Å². The van der Waals surface area contributed by atoms with Gasteiger partial charge < -0.3 is 5.32 Å². The van der Waals surface area contributed by atoms with Gasteiger partial charge >= 0.3 is 0 Å². The van der Waals surface area contributed by atoms with E-state index in [0.29, 0.717) is 15.2 Å². The number of rotatable bonds is 2. The SMILES string of the molecule is N#Cc1ccc(Nc2cccc(Cl)c2Br)c(F)c1F. The van der Waals surface area contributed by atoms with Crippen LogP contribution in [0.4, 0.5) is 20.2 Å². The van der Waals surface area contributed by atoms with Gasteiger partial charge in [0, 0.05) is 0 Å². The van der Waals surface area contributed by atoms with Crippen molar-refractivity contribution in [3.8, 4) is 6.07 Å². The zero-order valence-electron chi connectivity index (χ0n) is 9.35. The van der Waals surface area contributed by atoms with Crippen molar-refractivity contribution in [2.24, 2.45) is 0 Å². The van der Waals surface area contributed by atoms with Crippen LogP contribution in [0, 0.1) is 23.0 Å². The Bertz CT molecular complexity index is 683. The maximum Gasteiger partial charge on any atom is 0.183 e. The summed E-state index contributed by atoms with van der Waals surface area (Å²) in [7, 11) is 0. The maximum atomic E-state index is 13.7. The van der Waals surface area contributed by atoms with E-state index in [0.717, 1.165) is 0 Å². The first kappa shape index (κ1) is 13.8. The first-order valence-corrected chi connectivity index (χ1v) is 6.31. The number of nitriles is 1. The van der Waals surface area contributed by atoms with Crippen molar-refractivity contribution in [3.63, 3.8) is 0 Å². The Labute approximate surface area is 121 Å². The summed E-state index contributed by atoms with van der Waals surface area (Å²) in [5, 5.41) is 11.8. The van der Waals surface area contributed by atoms with Crippen molar-refractivity contribution >= 4 is 38.9 Å². The maximum absolute atomic E-state index is 13.7. The third kappa shape index (κ3) is 2.70. The number of hydrogen-bond acceptors (Lipinski definition) is 2. The first-order valence-electron chi connectivity index (χ1n) is 5.13. The number of anilines is 2. The molecule has 0 aromatic heterocycles. The molecule has 2 aromatic rings. The summed E-state index contributed by atoms with van der Waals surface area (Å²) in [4.78, 5) is 0. The zero-order valence-corrected chi connectivity index (χ0v) is 11.7. The molecule has 0 saturated carbocycles. The fraction of sp³-hybridized carbons (Fsp3) is 0. The Morgan fingerprint density at radius 3 is 2.53 bits per heavy atom. The van der Waals surface area contributed by atoms with Gasteiger partial charge in [-0.25, -0.2) is 8.78 Å². The molecule has 0 unspecified atom stereocenters. The molecule has 19 heavy (non-hydrogen) atoms. The molecule has 2 rings (SSSR count). The van der Waals surface area contributed by atoms with Crippen molar-refractivity contribution in [3.05, 3.63) is 57.0 Å². The standard InChI is InChI=1S/C13H6BrClF2N2/c14-11-8(15)2-1-3-9(11)19-10-5-4-7(6-18)12(16)13(10)17/h1-5,19H. The van der Waals surface area contributed by atoms with E-state index in [1.54, 1.807) is 24.3 Å². The molecule has 0 spiro atoms. The second-order valence-corrected chi connectivity index (χ2v) is 4.83. The molecule has 0 aliphatic rings. The third-order valence-electron chi connectivity index (χ3n) is 2.42. The second kappa shape index (κ2) is 5.55. The number of nitrogens with zero attached hydrogens (tertiary/aromatic N) is 1. The molecule has 0 atom stereocenters. The average molecular weight is 344 g/mol. The zero-order chi connectivity index (χ0) is 14.0. The largest absolute Gasteiger partial charge is 0.352 e. The molecular weight excluding hydrogens is 338 g/mol. The Morgan fingerprint density at radius 2 is 1.84 bits per heavy atom. The summed E-state index contributed by atoms with van der Waals surface area (Å²) >= 11 is 9.15. The summed E-state index contributed by atoms with van der Waals surface area (Å²) in [5.41, 5.74) is 0.0863. The van der Waals surface area contributed by atoms with Crippen LogP contribution in [-0.2, 0) is 0 Å². The van der Waals surface area contributed by atoms with Gasteiger partial charge in [-0.1, -0.05) is 17.7 Å². The number of hydrogen-bond donors (Lipinski definition) is 1. The van der Waals surface area contributed by atoms with Gasteiger partial charge in [0.2, 0.25) is 0 Å². The van der Waals surface area contributed by atoms with Crippen LogP contribution in [0.25, 0.3) is 0 Å². The molecule has 1 N–H and O–H groups in total. The fourth-order valence-corrected chi connectivity index (χ4v) is 2.02. The minimum atomic E-state index is -1.18. The molecular formula is C13H6BrClF2N2. The second-order valence-electron chi connectivity index (χ2n) is 3.63. The Balaban J connectivity index is 2.43. The molecule has 0 saturated heterocycles. The normalized spacial score (nSPS) is 10.1. The lowest BCUT2D eigenvalue weighted by Gasteiger charge is -2.11. The predicted molar refractivity (Wildman–Crippen MR) is 73.5 cm³/mol. The highest BCUT2D eigenvalue weighted by Crippen LogP contribution is 2.33. The van der Waals surface area contributed by atoms with E-state index in [9.17, 15) is 8.78 Å². The Hall–Kier alpha value is -1.64. The van der Waals surface area contributed by atoms with Gasteiger partial charge in [0.05, 0.1) is 26.4 Å². The van der Waals surface area contributed by atoms with E-state index in [-0.39, 0.29) is 11.3 Å². The summed E-state index contributed by atoms with van der Waals surface area (Å²) < 4.78 is 27.7. The first-order chi connectivity index (χ1) is 9.04. The van der Waals surface area contributed by atoms with Gasteiger partial charge in [0.15, 0.2) is 11.6 Å². The summed E-state index contributed by atoms with van der Waals surface area (Å²) in [6.07, 6.45) is 0. The lowest BCUT2D eigenvalue weighted by atomic mass is 10.2. The van der Waals surface area contributed by atoms with Crippen molar-refractivity contribution in [1.82, 2.24) is 0 Å². The van der Waals surface area contributed by atoms with Crippen LogP contribution in [0.2, 0.25) is 5.02 Å². The van der Waals surface area contributed by atoms with Gasteiger partial charge in [0.25, 0.3) is 0 Å². The van der Waals surface area contributed by atoms with Gasteiger partial charge in [-0.2, -0.15) is 5.26 Å². The molecule has 0 fully saturated rings. The van der Waals surface area contributed by atoms with Crippen molar-refractivity contribution in [2.75, 3.05) is 5.32 Å². The van der Waals surface area contributed by atoms with E-state index in [2.05, 4.69) is 21.2 Å². The molecule has 0 radical (unpaired) electrons. The molecule has 96 valence electrons. The van der Waals surface area contributed by atoms with Crippen LogP contribution in [0.1, 0.15) is 5.56 Å². The van der Waals surface area contributed by atoms with Gasteiger partial charge in [-0.05, 0) is 40.2 Å². The van der Waals surface area contributed by atoms with Crippen LogP contribution in [-0.4, -0.2) is 0 Å². The van der Waals surface area contributed by atoms with Crippen LogP contribution < -0.4 is 5.32 Å². The fourth-order valence-electron chi connectivity index (χ4n) is 1.48. The molecule has 2 aromatic carbocycles. The van der Waals surface area contributed by atoms with E-state index >= 15 is 0 Å². The minimum Gasteiger partial charge on any atom is -0.352 e.